The van der Waals surface area contributed by atoms with Crippen LogP contribution < -0.4 is 4.90 Å². The third kappa shape index (κ3) is 3.14. The van der Waals surface area contributed by atoms with Gasteiger partial charge in [-0.3, -0.25) is 4.79 Å². The highest BCUT2D eigenvalue weighted by atomic mass is 16.2. The number of amides is 1. The van der Waals surface area contributed by atoms with Crippen LogP contribution in [0, 0.1) is 13.8 Å². The van der Waals surface area contributed by atoms with Crippen molar-refractivity contribution in [2.24, 2.45) is 0 Å². The second-order valence-electron chi connectivity index (χ2n) is 7.77. The fourth-order valence-corrected chi connectivity index (χ4v) is 4.51. The van der Waals surface area contributed by atoms with Gasteiger partial charge >= 0.3 is 0 Å². The highest BCUT2D eigenvalue weighted by Gasteiger charge is 2.43. The molecule has 3 aromatic rings. The van der Waals surface area contributed by atoms with Crippen LogP contribution in [-0.2, 0) is 0 Å². The number of carbonyl (C=O) groups is 1. The van der Waals surface area contributed by atoms with Gasteiger partial charge in [0.1, 0.15) is 5.69 Å². The quantitative estimate of drug-likeness (QED) is 0.683. The van der Waals surface area contributed by atoms with Gasteiger partial charge in [0.05, 0.1) is 6.20 Å². The van der Waals surface area contributed by atoms with Crippen LogP contribution in [0.15, 0.2) is 42.7 Å². The lowest BCUT2D eigenvalue weighted by atomic mass is 10.2. The molecule has 5 rings (SSSR count). The number of aryl methyl sites for hydroxylation is 2. The molecule has 5 heterocycles. The first-order chi connectivity index (χ1) is 14.1. The van der Waals surface area contributed by atoms with Gasteiger partial charge in [-0.25, -0.2) is 19.6 Å². The maximum Gasteiger partial charge on any atom is 0.272 e. The molecule has 2 atom stereocenters. The normalized spacial score (nSPS) is 20.9. The van der Waals surface area contributed by atoms with E-state index in [0.717, 1.165) is 30.2 Å². The molecule has 2 saturated heterocycles. The predicted molar refractivity (Wildman–Crippen MR) is 108 cm³/mol. The number of fused-ring (bicyclic) bond motifs is 2. The van der Waals surface area contributed by atoms with Crippen LogP contribution >= 0.6 is 0 Å². The van der Waals surface area contributed by atoms with Crippen molar-refractivity contribution >= 4 is 11.9 Å². The minimum atomic E-state index is -0.00829. The Hall–Kier alpha value is -3.29. The Bertz CT molecular complexity index is 1010. The van der Waals surface area contributed by atoms with E-state index in [1.165, 1.54) is 0 Å². The van der Waals surface area contributed by atoms with Gasteiger partial charge < -0.3 is 9.80 Å². The van der Waals surface area contributed by atoms with E-state index in [-0.39, 0.29) is 18.0 Å². The molecule has 2 aliphatic rings. The summed E-state index contributed by atoms with van der Waals surface area (Å²) in [4.78, 5) is 31.2. The minimum Gasteiger partial charge on any atom is -0.333 e. The number of rotatable bonds is 3. The van der Waals surface area contributed by atoms with Gasteiger partial charge in [0.2, 0.25) is 5.95 Å². The monoisotopic (exact) mass is 389 g/mol. The molecule has 0 saturated carbocycles. The first-order valence-corrected chi connectivity index (χ1v) is 9.95. The molecule has 0 N–H and O–H groups in total. The summed E-state index contributed by atoms with van der Waals surface area (Å²) in [7, 11) is 0. The highest BCUT2D eigenvalue weighted by Crippen LogP contribution is 2.34. The summed E-state index contributed by atoms with van der Waals surface area (Å²) in [5, 5.41) is 4.31. The standard InChI is InChI=1S/C21H23N7O/c1-14-11-15(2)25-21(24-14)27-16-6-7-17(27)13-26(12-16)20(29)18-8-10-23-28(18)19-5-3-4-9-22-19/h3-5,8-11,16-17H,6-7,12-13H2,1-2H3. The summed E-state index contributed by atoms with van der Waals surface area (Å²) in [6.45, 7) is 5.33. The SMILES string of the molecule is Cc1cc(C)nc(N2C3CCC2CN(C(=O)c2ccnn2-c2ccccn2)C3)n1. The average Bonchev–Trinajstić information content (AvgIpc) is 3.30. The second-order valence-corrected chi connectivity index (χ2v) is 7.77. The van der Waals surface area contributed by atoms with Gasteiger partial charge in [-0.2, -0.15) is 5.10 Å². The van der Waals surface area contributed by atoms with Gasteiger partial charge in [-0.05, 0) is 51.0 Å². The van der Waals surface area contributed by atoms with Crippen LogP contribution in [0.4, 0.5) is 5.95 Å². The molecule has 2 fully saturated rings. The van der Waals surface area contributed by atoms with Crippen molar-refractivity contribution in [2.75, 3.05) is 18.0 Å². The molecule has 8 heteroatoms. The Kier molecular flexibility index (Phi) is 4.26. The van der Waals surface area contributed by atoms with Crippen LogP contribution in [0.25, 0.3) is 5.82 Å². The van der Waals surface area contributed by atoms with Crippen molar-refractivity contribution in [1.29, 1.82) is 0 Å². The Balaban J connectivity index is 1.39. The van der Waals surface area contributed by atoms with Crippen LogP contribution in [0.2, 0.25) is 0 Å². The molecule has 0 spiro atoms. The van der Waals surface area contributed by atoms with E-state index in [9.17, 15) is 4.79 Å². The van der Waals surface area contributed by atoms with E-state index in [1.807, 2.05) is 43.0 Å². The Morgan fingerprint density at radius 1 is 1.00 bits per heavy atom. The fourth-order valence-electron chi connectivity index (χ4n) is 4.51. The second kappa shape index (κ2) is 6.95. The third-order valence-corrected chi connectivity index (χ3v) is 5.70. The van der Waals surface area contributed by atoms with Crippen molar-refractivity contribution in [2.45, 2.75) is 38.8 Å². The van der Waals surface area contributed by atoms with E-state index in [2.05, 4.69) is 25.0 Å². The van der Waals surface area contributed by atoms with Crippen LogP contribution in [-0.4, -0.2) is 60.7 Å². The molecule has 2 bridgehead atoms. The van der Waals surface area contributed by atoms with Crippen molar-refractivity contribution in [3.05, 3.63) is 59.8 Å². The zero-order chi connectivity index (χ0) is 20.0. The zero-order valence-electron chi connectivity index (χ0n) is 16.6. The number of aromatic nitrogens is 5. The molecule has 2 aliphatic heterocycles. The lowest BCUT2D eigenvalue weighted by Gasteiger charge is -2.41. The number of hydrogen-bond acceptors (Lipinski definition) is 6. The molecule has 2 unspecified atom stereocenters. The number of carbonyl (C=O) groups excluding carboxylic acids is 1. The number of nitrogens with zero attached hydrogens (tertiary/aromatic N) is 7. The molecule has 0 aromatic carbocycles. The van der Waals surface area contributed by atoms with E-state index >= 15 is 0 Å². The maximum atomic E-state index is 13.3. The number of likely N-dealkylation sites (tertiary alicyclic amines) is 1. The van der Waals surface area contributed by atoms with Gasteiger partial charge in [0, 0.05) is 42.8 Å². The maximum absolute atomic E-state index is 13.3. The van der Waals surface area contributed by atoms with Gasteiger partial charge in [-0.15, -0.1) is 0 Å². The Morgan fingerprint density at radius 2 is 1.72 bits per heavy atom. The molecule has 8 nitrogen and oxygen atoms in total. The Morgan fingerprint density at radius 3 is 2.38 bits per heavy atom. The van der Waals surface area contributed by atoms with E-state index in [1.54, 1.807) is 23.1 Å². The van der Waals surface area contributed by atoms with Gasteiger partial charge in [0.15, 0.2) is 5.82 Å². The molecular weight excluding hydrogens is 366 g/mol. The third-order valence-electron chi connectivity index (χ3n) is 5.70. The summed E-state index contributed by atoms with van der Waals surface area (Å²) in [6, 6.07) is 9.82. The number of anilines is 1. The first kappa shape index (κ1) is 17.8. The fraction of sp³-hybridized carbons (Fsp3) is 0.381. The number of pyridine rings is 1. The molecule has 0 radical (unpaired) electrons. The summed E-state index contributed by atoms with van der Waals surface area (Å²) in [6.07, 6.45) is 5.44. The molecule has 1 amide bonds. The average molecular weight is 389 g/mol. The predicted octanol–water partition coefficient (Wildman–Crippen LogP) is 2.17. The van der Waals surface area contributed by atoms with Crippen molar-refractivity contribution < 1.29 is 4.79 Å². The lowest BCUT2D eigenvalue weighted by molar-refractivity contribution is 0.0707. The molecule has 3 aromatic heterocycles. The Labute approximate surface area is 169 Å². The topological polar surface area (TPSA) is 80.0 Å². The van der Waals surface area contributed by atoms with Crippen LogP contribution in [0.3, 0.4) is 0 Å². The zero-order valence-corrected chi connectivity index (χ0v) is 16.6. The van der Waals surface area contributed by atoms with Gasteiger partial charge in [-0.1, -0.05) is 6.07 Å². The molecule has 0 aliphatic carbocycles. The molecule has 148 valence electrons. The number of hydrogen-bond donors (Lipinski definition) is 0. The van der Waals surface area contributed by atoms with E-state index in [4.69, 9.17) is 0 Å². The number of piperazine rings is 1. The smallest absolute Gasteiger partial charge is 0.272 e. The van der Waals surface area contributed by atoms with E-state index < -0.39 is 0 Å². The summed E-state index contributed by atoms with van der Waals surface area (Å²) < 4.78 is 1.61. The lowest BCUT2D eigenvalue weighted by Crippen LogP contribution is -2.56. The van der Waals surface area contributed by atoms with Crippen molar-refractivity contribution in [1.82, 2.24) is 29.6 Å². The van der Waals surface area contributed by atoms with Crippen molar-refractivity contribution in [3.8, 4) is 5.82 Å². The summed E-state index contributed by atoms with van der Waals surface area (Å²) in [5.74, 6) is 1.43. The summed E-state index contributed by atoms with van der Waals surface area (Å²) in [5.41, 5.74) is 2.49. The van der Waals surface area contributed by atoms with Crippen LogP contribution in [0.1, 0.15) is 34.7 Å². The first-order valence-electron chi connectivity index (χ1n) is 9.95. The highest BCUT2D eigenvalue weighted by molar-refractivity contribution is 5.93. The van der Waals surface area contributed by atoms with Gasteiger partial charge in [0.25, 0.3) is 5.91 Å². The van der Waals surface area contributed by atoms with E-state index in [0.29, 0.717) is 24.6 Å². The summed E-state index contributed by atoms with van der Waals surface area (Å²) >= 11 is 0. The largest absolute Gasteiger partial charge is 0.333 e. The molecular formula is C21H23N7O. The molecule has 29 heavy (non-hydrogen) atoms. The minimum absolute atomic E-state index is 0.00829. The van der Waals surface area contributed by atoms with Crippen molar-refractivity contribution in [3.63, 3.8) is 0 Å². The van der Waals surface area contributed by atoms with Crippen LogP contribution in [0.5, 0.6) is 0 Å².